The fourth-order valence-corrected chi connectivity index (χ4v) is 8.41. The van der Waals surface area contributed by atoms with Crippen molar-refractivity contribution in [1.82, 2.24) is 40.0 Å². The summed E-state index contributed by atoms with van der Waals surface area (Å²) in [6.45, 7) is 25.9. The van der Waals surface area contributed by atoms with Crippen LogP contribution in [-0.4, -0.2) is 196 Å². The highest BCUT2D eigenvalue weighted by molar-refractivity contribution is 5.97. The van der Waals surface area contributed by atoms with Gasteiger partial charge in [0.25, 0.3) is 0 Å². The third kappa shape index (κ3) is 20.3. The Morgan fingerprint density at radius 3 is 1.46 bits per heavy atom. The third-order valence-electron chi connectivity index (χ3n) is 12.6. The SMILES string of the molecule is C/C=C/C[C@@H](C)[C@@H](O)[C@@H](C(=O)N[C@@H](CC)C(=O)N(C)CC(=O)N(C)[C@@H](CC(C)C)C(=O)O)N(C)C(=O)[C@H](C(C)C)N(C)C(=O)[C@H](CC(C)C)N(C)C(=O)[C@H](CC(C)C)N(C)C(=O)[C@@H](C)NC(=O)OC(C)(C)C. The molecule has 0 aromatic carbocycles. The van der Waals surface area contributed by atoms with Crippen LogP contribution in [0.4, 0.5) is 4.79 Å². The maximum absolute atomic E-state index is 14.9. The number of nitrogens with zero attached hydrogens (tertiary/aromatic N) is 6. The molecule has 20 heteroatoms. The molecule has 0 unspecified atom stereocenters. The molecule has 0 heterocycles. The van der Waals surface area contributed by atoms with Crippen LogP contribution in [0.2, 0.25) is 0 Å². The number of alkyl carbamates (subject to hydrolysis) is 1. The Bertz CT molecular complexity index is 1870. The van der Waals surface area contributed by atoms with Gasteiger partial charge in [-0.3, -0.25) is 33.6 Å². The summed E-state index contributed by atoms with van der Waals surface area (Å²) in [4.78, 5) is 131. The first-order valence-electron chi connectivity index (χ1n) is 25.4. The number of carbonyl (C=O) groups is 9. The Balaban J connectivity index is 7.08. The van der Waals surface area contributed by atoms with Crippen molar-refractivity contribution in [3.8, 4) is 0 Å². The van der Waals surface area contributed by atoms with E-state index in [1.54, 1.807) is 67.5 Å². The van der Waals surface area contributed by atoms with Crippen molar-refractivity contribution >= 4 is 53.4 Å². The van der Waals surface area contributed by atoms with E-state index in [4.69, 9.17) is 4.74 Å². The van der Waals surface area contributed by atoms with Gasteiger partial charge in [0.1, 0.15) is 47.9 Å². The van der Waals surface area contributed by atoms with Gasteiger partial charge >= 0.3 is 12.1 Å². The van der Waals surface area contributed by atoms with Gasteiger partial charge in [0.2, 0.25) is 41.4 Å². The van der Waals surface area contributed by atoms with E-state index in [-0.39, 0.29) is 43.4 Å². The van der Waals surface area contributed by atoms with Gasteiger partial charge in [0.05, 0.1) is 12.6 Å². The highest BCUT2D eigenvalue weighted by atomic mass is 16.6. The molecule has 0 saturated carbocycles. The molecule has 0 radical (unpaired) electrons. The Morgan fingerprint density at radius 1 is 0.597 bits per heavy atom. The number of ether oxygens (including phenoxy) is 1. The van der Waals surface area contributed by atoms with Crippen LogP contribution in [0.25, 0.3) is 0 Å². The van der Waals surface area contributed by atoms with Gasteiger partial charge in [-0.05, 0) is 96.3 Å². The minimum atomic E-state index is -1.58. The average molecular weight is 1020 g/mol. The molecule has 0 rings (SSSR count). The first kappa shape index (κ1) is 66.7. The van der Waals surface area contributed by atoms with Crippen molar-refractivity contribution < 1.29 is 58.1 Å². The van der Waals surface area contributed by atoms with Crippen LogP contribution in [0.5, 0.6) is 0 Å². The van der Waals surface area contributed by atoms with Crippen molar-refractivity contribution in [2.24, 2.45) is 29.6 Å². The molecule has 8 amide bonds. The van der Waals surface area contributed by atoms with Crippen LogP contribution in [0.3, 0.4) is 0 Å². The molecule has 20 nitrogen and oxygen atoms in total. The van der Waals surface area contributed by atoms with Gasteiger partial charge in [0, 0.05) is 42.3 Å². The Morgan fingerprint density at radius 2 is 1.04 bits per heavy atom. The van der Waals surface area contributed by atoms with E-state index in [1.807, 2.05) is 41.5 Å². The summed E-state index contributed by atoms with van der Waals surface area (Å²) < 4.78 is 5.33. The highest BCUT2D eigenvalue weighted by Crippen LogP contribution is 2.25. The molecule has 0 aliphatic heterocycles. The fourth-order valence-electron chi connectivity index (χ4n) is 8.41. The van der Waals surface area contributed by atoms with Crippen molar-refractivity contribution in [3.05, 3.63) is 12.2 Å². The van der Waals surface area contributed by atoms with Crippen LogP contribution in [0.15, 0.2) is 12.2 Å². The number of carboxylic acid groups (broad SMARTS) is 1. The molecule has 4 N–H and O–H groups in total. The summed E-state index contributed by atoms with van der Waals surface area (Å²) in [6.07, 6.45) is 2.28. The molecule has 0 aliphatic carbocycles. The monoisotopic (exact) mass is 1020 g/mol. The van der Waals surface area contributed by atoms with E-state index in [0.717, 1.165) is 14.7 Å². The lowest BCUT2D eigenvalue weighted by molar-refractivity contribution is -0.157. The van der Waals surface area contributed by atoms with Gasteiger partial charge in [0.15, 0.2) is 0 Å². The van der Waals surface area contributed by atoms with Crippen LogP contribution in [0.1, 0.15) is 136 Å². The van der Waals surface area contributed by atoms with Crippen LogP contribution < -0.4 is 10.6 Å². The summed E-state index contributed by atoms with van der Waals surface area (Å²) in [5, 5.41) is 26.9. The number of amides is 8. The van der Waals surface area contributed by atoms with E-state index < -0.39 is 126 Å². The van der Waals surface area contributed by atoms with Crippen molar-refractivity contribution in [2.75, 3.05) is 48.8 Å². The zero-order chi connectivity index (χ0) is 56.4. The number of carbonyl (C=O) groups excluding carboxylic acids is 8. The standard InChI is InChI=1S/C52H94N8O12/c1-22-24-25-34(11)43(62)42(44(63)54-36(23-2)46(65)55(16)29-40(61)56(17)39(50(69)70)28-32(7)8)60(21)49(68)41(33(9)10)59(20)48(67)38(27-31(5)6)58(19)47(66)37(26-30(3)4)57(18)45(64)35(12)53-51(71)72-52(13,14)15/h22,24,30-39,41-43,62H,23,25-29H2,1-21H3,(H,53,71)(H,54,63)(H,69,70)/b24-22+/t34-,35-,36+,37+,38+,39+,41+,42+,43-/m1/s1. The Kier molecular flexibility index (Phi) is 27.9. The molecular formula is C52H94N8O12. The van der Waals surface area contributed by atoms with E-state index in [2.05, 4.69) is 10.6 Å². The molecule has 0 aliphatic rings. The minimum Gasteiger partial charge on any atom is -0.480 e. The largest absolute Gasteiger partial charge is 0.480 e. The number of aliphatic carboxylic acids is 1. The summed E-state index contributed by atoms with van der Waals surface area (Å²) in [5.41, 5.74) is -0.814. The van der Waals surface area contributed by atoms with Crippen LogP contribution >= 0.6 is 0 Å². The zero-order valence-electron chi connectivity index (χ0n) is 47.6. The smallest absolute Gasteiger partial charge is 0.408 e. The van der Waals surface area contributed by atoms with Crippen molar-refractivity contribution in [2.45, 2.75) is 190 Å². The topological polar surface area (TPSA) is 247 Å². The van der Waals surface area contributed by atoms with E-state index >= 15 is 0 Å². The molecule has 0 spiro atoms. The normalized spacial score (nSPS) is 15.6. The van der Waals surface area contributed by atoms with Gasteiger partial charge in [-0.15, -0.1) is 0 Å². The number of likely N-dealkylation sites (N-methyl/N-ethyl adjacent to an activating group) is 6. The first-order chi connectivity index (χ1) is 33.0. The summed E-state index contributed by atoms with van der Waals surface area (Å²) in [5.74, 6) is -7.09. The Labute approximate surface area is 430 Å². The number of allylic oxidation sites excluding steroid dienone is 2. The lowest BCUT2D eigenvalue weighted by atomic mass is 9.91. The number of nitrogens with one attached hydrogen (secondary N) is 2. The highest BCUT2D eigenvalue weighted by Gasteiger charge is 2.45. The zero-order valence-corrected chi connectivity index (χ0v) is 47.6. The second-order valence-corrected chi connectivity index (χ2v) is 22.0. The molecule has 9 atom stereocenters. The predicted molar refractivity (Wildman–Crippen MR) is 277 cm³/mol. The fraction of sp³-hybridized carbons (Fsp3) is 0.788. The van der Waals surface area contributed by atoms with Crippen LogP contribution in [0, 0.1) is 29.6 Å². The maximum Gasteiger partial charge on any atom is 0.408 e. The summed E-state index contributed by atoms with van der Waals surface area (Å²) >= 11 is 0. The minimum absolute atomic E-state index is 0.0294. The lowest BCUT2D eigenvalue weighted by Gasteiger charge is -2.41. The molecule has 0 aromatic heterocycles. The second-order valence-electron chi connectivity index (χ2n) is 22.0. The molecule has 0 saturated heterocycles. The molecule has 72 heavy (non-hydrogen) atoms. The average Bonchev–Trinajstić information content (AvgIpc) is 3.26. The van der Waals surface area contributed by atoms with Crippen molar-refractivity contribution in [3.63, 3.8) is 0 Å². The first-order valence-corrected chi connectivity index (χ1v) is 25.4. The molecule has 0 aromatic rings. The lowest BCUT2D eigenvalue weighted by Crippen LogP contribution is -2.63. The van der Waals surface area contributed by atoms with E-state index in [9.17, 15) is 53.4 Å². The molecule has 0 bridgehead atoms. The van der Waals surface area contributed by atoms with Gasteiger partial charge in [-0.25, -0.2) is 9.59 Å². The maximum atomic E-state index is 14.9. The van der Waals surface area contributed by atoms with E-state index in [0.29, 0.717) is 6.42 Å². The van der Waals surface area contributed by atoms with Gasteiger partial charge < -0.3 is 55.0 Å². The van der Waals surface area contributed by atoms with E-state index in [1.165, 1.54) is 63.9 Å². The van der Waals surface area contributed by atoms with Gasteiger partial charge in [-0.2, -0.15) is 0 Å². The second kappa shape index (κ2) is 30.1. The van der Waals surface area contributed by atoms with Gasteiger partial charge in [-0.1, -0.05) is 81.4 Å². The number of hydrogen-bond acceptors (Lipinski definition) is 11. The quantitative estimate of drug-likeness (QED) is 0.0805. The number of hydrogen-bond donors (Lipinski definition) is 4. The predicted octanol–water partition coefficient (Wildman–Crippen LogP) is 4.23. The van der Waals surface area contributed by atoms with Crippen LogP contribution in [-0.2, 0) is 43.1 Å². The molecule has 0 fully saturated rings. The summed E-state index contributed by atoms with van der Waals surface area (Å²) in [7, 11) is 8.44. The molecular weight excluding hydrogens is 929 g/mol. The number of rotatable bonds is 28. The number of carboxylic acids is 1. The summed E-state index contributed by atoms with van der Waals surface area (Å²) in [6, 6.07) is -8.37. The molecule has 414 valence electrons. The number of aliphatic hydroxyl groups excluding tert-OH is 1. The third-order valence-corrected chi connectivity index (χ3v) is 12.6. The number of aliphatic hydroxyl groups is 1. The van der Waals surface area contributed by atoms with Crippen molar-refractivity contribution in [1.29, 1.82) is 0 Å². The Hall–Kier alpha value is -5.27.